The maximum absolute atomic E-state index is 12.2. The highest BCUT2D eigenvalue weighted by molar-refractivity contribution is 5.98. The Morgan fingerprint density at radius 3 is 2.30 bits per heavy atom. The number of hydrogen-bond donors (Lipinski definition) is 3. The summed E-state index contributed by atoms with van der Waals surface area (Å²) in [5.41, 5.74) is 1.92. The summed E-state index contributed by atoms with van der Waals surface area (Å²) in [4.78, 5) is 24.2. The van der Waals surface area contributed by atoms with E-state index in [-0.39, 0.29) is 30.5 Å². The standard InChI is InChI=1S/C21H27N3O3/c1-14(2)23-21(26)16-6-5-7-18(12-16)24-20(25)13-22-17-8-10-19(11-9-17)27-15(3)4/h5-12,14-15,22H,13H2,1-4H3,(H,23,26)(H,24,25). The molecular formula is C21H27N3O3. The number of benzene rings is 2. The fraction of sp³-hybridized carbons (Fsp3) is 0.333. The van der Waals surface area contributed by atoms with Crippen LogP contribution in [0.3, 0.4) is 0 Å². The van der Waals surface area contributed by atoms with Crippen LogP contribution >= 0.6 is 0 Å². The molecule has 144 valence electrons. The van der Waals surface area contributed by atoms with Crippen LogP contribution in [0.1, 0.15) is 38.1 Å². The number of hydrogen-bond acceptors (Lipinski definition) is 4. The van der Waals surface area contributed by atoms with Crippen molar-refractivity contribution >= 4 is 23.2 Å². The van der Waals surface area contributed by atoms with E-state index in [0.717, 1.165) is 11.4 Å². The van der Waals surface area contributed by atoms with Crippen molar-refractivity contribution in [3.05, 3.63) is 54.1 Å². The van der Waals surface area contributed by atoms with Crippen LogP contribution in [0.4, 0.5) is 11.4 Å². The third kappa shape index (κ3) is 7.01. The lowest BCUT2D eigenvalue weighted by Gasteiger charge is -2.12. The van der Waals surface area contributed by atoms with Crippen molar-refractivity contribution in [3.8, 4) is 5.75 Å². The molecule has 6 nitrogen and oxygen atoms in total. The van der Waals surface area contributed by atoms with Crippen molar-refractivity contribution in [2.24, 2.45) is 0 Å². The van der Waals surface area contributed by atoms with Crippen molar-refractivity contribution in [2.45, 2.75) is 39.8 Å². The van der Waals surface area contributed by atoms with Gasteiger partial charge >= 0.3 is 0 Å². The van der Waals surface area contributed by atoms with E-state index in [4.69, 9.17) is 4.74 Å². The molecule has 2 aromatic rings. The summed E-state index contributed by atoms with van der Waals surface area (Å²) in [6, 6.07) is 14.4. The topological polar surface area (TPSA) is 79.5 Å². The van der Waals surface area contributed by atoms with E-state index in [1.807, 2.05) is 52.0 Å². The Morgan fingerprint density at radius 2 is 1.67 bits per heavy atom. The Labute approximate surface area is 160 Å². The molecule has 27 heavy (non-hydrogen) atoms. The summed E-state index contributed by atoms with van der Waals surface area (Å²) in [5.74, 6) is 0.429. The molecule has 0 aliphatic carbocycles. The van der Waals surface area contributed by atoms with Crippen molar-refractivity contribution in [1.29, 1.82) is 0 Å². The van der Waals surface area contributed by atoms with E-state index in [9.17, 15) is 9.59 Å². The molecule has 2 rings (SSSR count). The summed E-state index contributed by atoms with van der Waals surface area (Å²) in [6.45, 7) is 7.86. The Bertz CT molecular complexity index is 770. The number of carbonyl (C=O) groups is 2. The maximum Gasteiger partial charge on any atom is 0.251 e. The van der Waals surface area contributed by atoms with Gasteiger partial charge in [0.25, 0.3) is 5.91 Å². The number of rotatable bonds is 8. The molecule has 2 aromatic carbocycles. The van der Waals surface area contributed by atoms with Gasteiger partial charge in [-0.1, -0.05) is 6.07 Å². The van der Waals surface area contributed by atoms with Crippen LogP contribution in [-0.2, 0) is 4.79 Å². The van der Waals surface area contributed by atoms with Crippen LogP contribution in [0.2, 0.25) is 0 Å². The van der Waals surface area contributed by atoms with Crippen LogP contribution in [0.15, 0.2) is 48.5 Å². The molecule has 0 spiro atoms. The van der Waals surface area contributed by atoms with Gasteiger partial charge in [0, 0.05) is 23.0 Å². The maximum atomic E-state index is 12.2. The summed E-state index contributed by atoms with van der Waals surface area (Å²) in [5, 5.41) is 8.68. The molecule has 0 saturated carbocycles. The van der Waals surface area contributed by atoms with Crippen LogP contribution in [-0.4, -0.2) is 30.5 Å². The monoisotopic (exact) mass is 369 g/mol. The van der Waals surface area contributed by atoms with Crippen LogP contribution < -0.4 is 20.7 Å². The van der Waals surface area contributed by atoms with Crippen molar-refractivity contribution < 1.29 is 14.3 Å². The quantitative estimate of drug-likeness (QED) is 0.663. The molecular weight excluding hydrogens is 342 g/mol. The second kappa shape index (κ2) is 9.62. The minimum absolute atomic E-state index is 0.0530. The molecule has 0 radical (unpaired) electrons. The molecule has 6 heteroatoms. The molecule has 0 fully saturated rings. The molecule has 0 atom stereocenters. The molecule has 3 N–H and O–H groups in total. The number of ether oxygens (including phenoxy) is 1. The smallest absolute Gasteiger partial charge is 0.251 e. The minimum atomic E-state index is -0.195. The highest BCUT2D eigenvalue weighted by atomic mass is 16.5. The SMILES string of the molecule is CC(C)NC(=O)c1cccc(NC(=O)CNc2ccc(OC(C)C)cc2)c1. The first-order valence-corrected chi connectivity index (χ1v) is 9.05. The molecule has 0 saturated heterocycles. The molecule has 2 amide bonds. The number of amides is 2. The molecule has 0 heterocycles. The van der Waals surface area contributed by atoms with Crippen molar-refractivity contribution in [3.63, 3.8) is 0 Å². The van der Waals surface area contributed by atoms with Gasteiger partial charge in [-0.05, 0) is 70.2 Å². The lowest BCUT2D eigenvalue weighted by Crippen LogP contribution is -2.30. The van der Waals surface area contributed by atoms with E-state index in [2.05, 4.69) is 16.0 Å². The van der Waals surface area contributed by atoms with Gasteiger partial charge in [-0.3, -0.25) is 9.59 Å². The Balaban J connectivity index is 1.87. The second-order valence-corrected chi connectivity index (χ2v) is 6.80. The van der Waals surface area contributed by atoms with Gasteiger partial charge in [0.1, 0.15) is 5.75 Å². The zero-order valence-electron chi connectivity index (χ0n) is 16.2. The predicted molar refractivity (Wildman–Crippen MR) is 108 cm³/mol. The highest BCUT2D eigenvalue weighted by Crippen LogP contribution is 2.17. The highest BCUT2D eigenvalue weighted by Gasteiger charge is 2.09. The molecule has 0 unspecified atom stereocenters. The van der Waals surface area contributed by atoms with Gasteiger partial charge in [0.05, 0.1) is 12.6 Å². The Hall–Kier alpha value is -3.02. The average Bonchev–Trinajstić information content (AvgIpc) is 2.60. The summed E-state index contributed by atoms with van der Waals surface area (Å²) in [7, 11) is 0. The van der Waals surface area contributed by atoms with E-state index in [1.165, 1.54) is 0 Å². The molecule has 0 bridgehead atoms. The first kappa shape index (κ1) is 20.3. The number of nitrogens with one attached hydrogen (secondary N) is 3. The summed E-state index contributed by atoms with van der Waals surface area (Å²) in [6.07, 6.45) is 0.118. The first-order valence-electron chi connectivity index (χ1n) is 9.05. The Kier molecular flexibility index (Phi) is 7.23. The largest absolute Gasteiger partial charge is 0.491 e. The van der Waals surface area contributed by atoms with Crippen LogP contribution in [0, 0.1) is 0 Å². The predicted octanol–water partition coefficient (Wildman–Crippen LogP) is 3.66. The molecule has 0 aromatic heterocycles. The summed E-state index contributed by atoms with van der Waals surface area (Å²) >= 11 is 0. The van der Waals surface area contributed by atoms with Crippen molar-refractivity contribution in [1.82, 2.24) is 5.32 Å². The zero-order valence-corrected chi connectivity index (χ0v) is 16.2. The molecule has 0 aliphatic heterocycles. The van der Waals surface area contributed by atoms with Crippen LogP contribution in [0.25, 0.3) is 0 Å². The van der Waals surface area contributed by atoms with Gasteiger partial charge in [0.15, 0.2) is 0 Å². The summed E-state index contributed by atoms with van der Waals surface area (Å²) < 4.78 is 5.59. The van der Waals surface area contributed by atoms with E-state index < -0.39 is 0 Å². The fourth-order valence-electron chi connectivity index (χ4n) is 2.39. The van der Waals surface area contributed by atoms with E-state index >= 15 is 0 Å². The van der Waals surface area contributed by atoms with E-state index in [1.54, 1.807) is 24.3 Å². The fourth-order valence-corrected chi connectivity index (χ4v) is 2.39. The van der Waals surface area contributed by atoms with Crippen LogP contribution in [0.5, 0.6) is 5.75 Å². The number of anilines is 2. The Morgan fingerprint density at radius 1 is 0.963 bits per heavy atom. The van der Waals surface area contributed by atoms with Gasteiger partial charge in [-0.2, -0.15) is 0 Å². The molecule has 0 aliphatic rings. The minimum Gasteiger partial charge on any atom is -0.491 e. The van der Waals surface area contributed by atoms with Gasteiger partial charge in [-0.15, -0.1) is 0 Å². The third-order valence-electron chi connectivity index (χ3n) is 3.51. The van der Waals surface area contributed by atoms with Crippen molar-refractivity contribution in [2.75, 3.05) is 17.2 Å². The lowest BCUT2D eigenvalue weighted by atomic mass is 10.1. The number of carbonyl (C=O) groups excluding carboxylic acids is 2. The zero-order chi connectivity index (χ0) is 19.8. The second-order valence-electron chi connectivity index (χ2n) is 6.80. The van der Waals surface area contributed by atoms with Gasteiger partial charge in [0.2, 0.25) is 5.91 Å². The average molecular weight is 369 g/mol. The van der Waals surface area contributed by atoms with E-state index in [0.29, 0.717) is 11.3 Å². The first-order chi connectivity index (χ1) is 12.8. The normalized spacial score (nSPS) is 10.6. The lowest BCUT2D eigenvalue weighted by molar-refractivity contribution is -0.114. The third-order valence-corrected chi connectivity index (χ3v) is 3.51. The van der Waals surface area contributed by atoms with Gasteiger partial charge in [-0.25, -0.2) is 0 Å². The van der Waals surface area contributed by atoms with Gasteiger partial charge < -0.3 is 20.7 Å².